The van der Waals surface area contributed by atoms with Crippen molar-refractivity contribution in [2.24, 2.45) is 0 Å². The minimum Gasteiger partial charge on any atom is -0.497 e. The van der Waals surface area contributed by atoms with Gasteiger partial charge in [0, 0.05) is 23.2 Å². The molecule has 2 heterocycles. The maximum absolute atomic E-state index is 12.6. The van der Waals surface area contributed by atoms with Gasteiger partial charge in [-0.25, -0.2) is 0 Å². The average Bonchev–Trinajstić information content (AvgIpc) is 3.37. The first-order valence-electron chi connectivity index (χ1n) is 10.7. The monoisotopic (exact) mass is 441 g/mol. The maximum atomic E-state index is 12.6. The summed E-state index contributed by atoms with van der Waals surface area (Å²) < 4.78 is 16.7. The SMILES string of the molecule is COc1cccc(CNC(=O)c2ccc(-c3cc(-c4cccc5c4OCCO5)[nH]n3)cc2)c1. The van der Waals surface area contributed by atoms with Crippen molar-refractivity contribution < 1.29 is 19.0 Å². The van der Waals surface area contributed by atoms with Crippen LogP contribution in [0.15, 0.2) is 72.8 Å². The lowest BCUT2D eigenvalue weighted by molar-refractivity contribution is 0.0951. The Kier molecular flexibility index (Phi) is 5.68. The smallest absolute Gasteiger partial charge is 0.251 e. The van der Waals surface area contributed by atoms with Crippen molar-refractivity contribution in [3.05, 3.63) is 83.9 Å². The van der Waals surface area contributed by atoms with Crippen LogP contribution >= 0.6 is 0 Å². The summed E-state index contributed by atoms with van der Waals surface area (Å²) in [5, 5.41) is 10.5. The van der Waals surface area contributed by atoms with E-state index < -0.39 is 0 Å². The molecular weight excluding hydrogens is 418 g/mol. The molecule has 5 rings (SSSR count). The van der Waals surface area contributed by atoms with Crippen LogP contribution in [0.4, 0.5) is 0 Å². The molecule has 7 heteroatoms. The van der Waals surface area contributed by atoms with E-state index in [0.29, 0.717) is 25.3 Å². The molecule has 0 bridgehead atoms. The molecule has 0 saturated heterocycles. The summed E-state index contributed by atoms with van der Waals surface area (Å²) in [5.74, 6) is 2.08. The summed E-state index contributed by atoms with van der Waals surface area (Å²) in [6.07, 6.45) is 0. The number of methoxy groups -OCH3 is 1. The first-order valence-corrected chi connectivity index (χ1v) is 10.7. The lowest BCUT2D eigenvalue weighted by Gasteiger charge is -2.20. The molecule has 33 heavy (non-hydrogen) atoms. The fourth-order valence-corrected chi connectivity index (χ4v) is 3.75. The van der Waals surface area contributed by atoms with E-state index in [-0.39, 0.29) is 5.91 Å². The second-order valence-electron chi connectivity index (χ2n) is 7.61. The Morgan fingerprint density at radius 3 is 2.70 bits per heavy atom. The van der Waals surface area contributed by atoms with Crippen molar-refractivity contribution >= 4 is 5.91 Å². The Morgan fingerprint density at radius 2 is 1.85 bits per heavy atom. The predicted molar refractivity (Wildman–Crippen MR) is 125 cm³/mol. The minimum atomic E-state index is -0.139. The quantitative estimate of drug-likeness (QED) is 0.462. The van der Waals surface area contributed by atoms with Crippen molar-refractivity contribution in [3.63, 3.8) is 0 Å². The van der Waals surface area contributed by atoms with Crippen LogP contribution in [-0.4, -0.2) is 36.4 Å². The molecule has 166 valence electrons. The average molecular weight is 441 g/mol. The Labute approximate surface area is 191 Å². The van der Waals surface area contributed by atoms with Gasteiger partial charge in [-0.05, 0) is 48.0 Å². The first kappa shape index (κ1) is 20.6. The molecule has 1 aliphatic heterocycles. The molecule has 4 aromatic rings. The summed E-state index contributed by atoms with van der Waals surface area (Å²) in [4.78, 5) is 12.6. The van der Waals surface area contributed by atoms with Crippen LogP contribution in [0, 0.1) is 0 Å². The molecule has 0 unspecified atom stereocenters. The molecule has 0 saturated carbocycles. The Hall–Kier alpha value is -4.26. The van der Waals surface area contributed by atoms with E-state index in [1.54, 1.807) is 19.2 Å². The number of para-hydroxylation sites is 1. The van der Waals surface area contributed by atoms with Gasteiger partial charge in [-0.1, -0.05) is 30.3 Å². The number of aromatic amines is 1. The molecule has 1 amide bonds. The van der Waals surface area contributed by atoms with Crippen LogP contribution in [0.1, 0.15) is 15.9 Å². The van der Waals surface area contributed by atoms with Gasteiger partial charge in [0.25, 0.3) is 5.91 Å². The molecular formula is C26H23N3O4. The van der Waals surface area contributed by atoms with E-state index in [9.17, 15) is 4.79 Å². The number of nitrogens with one attached hydrogen (secondary N) is 2. The molecule has 0 aliphatic carbocycles. The lowest BCUT2D eigenvalue weighted by atomic mass is 10.1. The van der Waals surface area contributed by atoms with Crippen molar-refractivity contribution in [1.29, 1.82) is 0 Å². The predicted octanol–water partition coefficient (Wildman–Crippen LogP) is 4.45. The highest BCUT2D eigenvalue weighted by atomic mass is 16.6. The van der Waals surface area contributed by atoms with E-state index in [1.165, 1.54) is 0 Å². The number of rotatable bonds is 6. The van der Waals surface area contributed by atoms with Crippen molar-refractivity contribution in [2.45, 2.75) is 6.54 Å². The standard InChI is InChI=1S/C26H23N3O4/c1-31-20-5-2-4-17(14-20)16-27-26(30)19-10-8-18(9-11-19)22-15-23(29-28-22)21-6-3-7-24-25(21)33-13-12-32-24/h2-11,14-15H,12-13,16H2,1H3,(H,27,30)(H,28,29). The van der Waals surface area contributed by atoms with E-state index >= 15 is 0 Å². The number of amides is 1. The number of carbonyl (C=O) groups is 1. The third-order valence-corrected chi connectivity index (χ3v) is 5.46. The summed E-state index contributed by atoms with van der Waals surface area (Å²) in [6, 6.07) is 22.8. The third kappa shape index (κ3) is 4.39. The number of nitrogens with zero attached hydrogens (tertiary/aromatic N) is 1. The maximum Gasteiger partial charge on any atom is 0.251 e. The van der Waals surface area contributed by atoms with E-state index in [1.807, 2.05) is 60.7 Å². The molecule has 1 aliphatic rings. The third-order valence-electron chi connectivity index (χ3n) is 5.46. The van der Waals surface area contributed by atoms with Gasteiger partial charge in [0.15, 0.2) is 11.5 Å². The zero-order chi connectivity index (χ0) is 22.6. The molecule has 0 radical (unpaired) electrons. The summed E-state index contributed by atoms with van der Waals surface area (Å²) in [7, 11) is 1.62. The molecule has 1 aromatic heterocycles. The van der Waals surface area contributed by atoms with Crippen molar-refractivity contribution in [2.75, 3.05) is 20.3 Å². The lowest BCUT2D eigenvalue weighted by Crippen LogP contribution is -2.22. The van der Waals surface area contributed by atoms with E-state index in [2.05, 4.69) is 15.5 Å². The summed E-state index contributed by atoms with van der Waals surface area (Å²) in [5.41, 5.74) is 4.99. The Morgan fingerprint density at radius 1 is 1.03 bits per heavy atom. The largest absolute Gasteiger partial charge is 0.497 e. The van der Waals surface area contributed by atoms with Crippen LogP contribution in [-0.2, 0) is 6.54 Å². The van der Waals surface area contributed by atoms with Gasteiger partial charge >= 0.3 is 0 Å². The fraction of sp³-hybridized carbons (Fsp3) is 0.154. The van der Waals surface area contributed by atoms with E-state index in [4.69, 9.17) is 14.2 Å². The van der Waals surface area contributed by atoms with Gasteiger partial charge in [0.05, 0.1) is 18.5 Å². The second-order valence-corrected chi connectivity index (χ2v) is 7.61. The fourth-order valence-electron chi connectivity index (χ4n) is 3.75. The first-order chi connectivity index (χ1) is 16.2. The van der Waals surface area contributed by atoms with Gasteiger partial charge < -0.3 is 19.5 Å². The van der Waals surface area contributed by atoms with Gasteiger partial charge in [0.2, 0.25) is 0 Å². The number of benzene rings is 3. The molecule has 7 nitrogen and oxygen atoms in total. The number of ether oxygens (including phenoxy) is 3. The van der Waals surface area contributed by atoms with Gasteiger partial charge in [-0.2, -0.15) is 5.10 Å². The minimum absolute atomic E-state index is 0.139. The molecule has 0 fully saturated rings. The normalized spacial score (nSPS) is 12.3. The highest BCUT2D eigenvalue weighted by molar-refractivity contribution is 5.94. The Bertz CT molecular complexity index is 1280. The second kappa shape index (κ2) is 9.08. The number of fused-ring (bicyclic) bond motifs is 1. The highest BCUT2D eigenvalue weighted by Crippen LogP contribution is 2.39. The molecule has 2 N–H and O–H groups in total. The van der Waals surface area contributed by atoms with Crippen LogP contribution < -0.4 is 19.5 Å². The number of carbonyl (C=O) groups excluding carboxylic acids is 1. The van der Waals surface area contributed by atoms with E-state index in [0.717, 1.165) is 45.3 Å². The zero-order valence-electron chi connectivity index (χ0n) is 18.1. The van der Waals surface area contributed by atoms with Crippen LogP contribution in [0.25, 0.3) is 22.5 Å². The van der Waals surface area contributed by atoms with Crippen molar-refractivity contribution in [3.8, 4) is 39.8 Å². The van der Waals surface area contributed by atoms with Gasteiger partial charge in [-0.3, -0.25) is 9.89 Å². The number of hydrogen-bond acceptors (Lipinski definition) is 5. The summed E-state index contributed by atoms with van der Waals surface area (Å²) >= 11 is 0. The number of H-pyrrole nitrogens is 1. The number of aromatic nitrogens is 2. The van der Waals surface area contributed by atoms with Crippen molar-refractivity contribution in [1.82, 2.24) is 15.5 Å². The summed E-state index contributed by atoms with van der Waals surface area (Å²) in [6.45, 7) is 1.49. The van der Waals surface area contributed by atoms with Crippen LogP contribution in [0.2, 0.25) is 0 Å². The van der Waals surface area contributed by atoms with Crippen LogP contribution in [0.5, 0.6) is 17.2 Å². The van der Waals surface area contributed by atoms with Gasteiger partial charge in [0.1, 0.15) is 19.0 Å². The molecule has 0 atom stereocenters. The molecule has 0 spiro atoms. The Balaban J connectivity index is 1.28. The number of hydrogen-bond donors (Lipinski definition) is 2. The highest BCUT2D eigenvalue weighted by Gasteiger charge is 2.18. The van der Waals surface area contributed by atoms with Crippen LogP contribution in [0.3, 0.4) is 0 Å². The topological polar surface area (TPSA) is 85.5 Å². The van der Waals surface area contributed by atoms with Gasteiger partial charge in [-0.15, -0.1) is 0 Å². The molecule has 3 aromatic carbocycles. The zero-order valence-corrected chi connectivity index (χ0v) is 18.1.